The summed E-state index contributed by atoms with van der Waals surface area (Å²) in [5, 5.41) is 0. The van der Waals surface area contributed by atoms with Crippen LogP contribution in [-0.4, -0.2) is 56.8 Å². The molecule has 1 aliphatic rings. The molecule has 0 bridgehead atoms. The molecule has 0 amide bonds. The van der Waals surface area contributed by atoms with Crippen LogP contribution in [0.5, 0.6) is 0 Å². The lowest BCUT2D eigenvalue weighted by Crippen LogP contribution is -2.33. The molecule has 14 heavy (non-hydrogen) atoms. The largest absolute Gasteiger partial charge is 0.382 e. The van der Waals surface area contributed by atoms with Crippen LogP contribution in [0, 0.1) is 0 Å². The zero-order valence-electron chi connectivity index (χ0n) is 8.88. The highest BCUT2D eigenvalue weighted by Gasteiger charge is 2.22. The summed E-state index contributed by atoms with van der Waals surface area (Å²) in [6.07, 6.45) is 2.51. The van der Waals surface area contributed by atoms with Gasteiger partial charge in [-0.05, 0) is 19.4 Å². The van der Waals surface area contributed by atoms with Crippen LogP contribution in [0.3, 0.4) is 0 Å². The number of alkyl halides is 1. The summed E-state index contributed by atoms with van der Waals surface area (Å²) < 4.78 is 10.3. The van der Waals surface area contributed by atoms with Crippen molar-refractivity contribution < 1.29 is 9.47 Å². The third-order valence-corrected chi connectivity index (χ3v) is 2.99. The molecule has 0 aromatic rings. The van der Waals surface area contributed by atoms with E-state index in [0.29, 0.717) is 19.3 Å². The van der Waals surface area contributed by atoms with Crippen LogP contribution in [0.25, 0.3) is 0 Å². The van der Waals surface area contributed by atoms with Gasteiger partial charge in [-0.15, -0.1) is 11.6 Å². The number of halogens is 1. The Kier molecular flexibility index (Phi) is 6.52. The number of nitrogens with zero attached hydrogens (tertiary/aromatic N) is 1. The van der Waals surface area contributed by atoms with Crippen LogP contribution >= 0.6 is 11.6 Å². The summed E-state index contributed by atoms with van der Waals surface area (Å²) in [5.41, 5.74) is 0. The highest BCUT2D eigenvalue weighted by atomic mass is 35.5. The third-order valence-electron chi connectivity index (χ3n) is 2.63. The fourth-order valence-electron chi connectivity index (χ4n) is 1.79. The summed E-state index contributed by atoms with van der Waals surface area (Å²) in [6.45, 7) is 4.33. The van der Waals surface area contributed by atoms with Crippen molar-refractivity contribution in [1.29, 1.82) is 0 Å². The number of hydrogen-bond acceptors (Lipinski definition) is 3. The van der Waals surface area contributed by atoms with Gasteiger partial charge < -0.3 is 9.47 Å². The van der Waals surface area contributed by atoms with Crippen LogP contribution in [0.4, 0.5) is 0 Å². The maximum Gasteiger partial charge on any atom is 0.0700 e. The van der Waals surface area contributed by atoms with Crippen LogP contribution in [-0.2, 0) is 9.47 Å². The van der Waals surface area contributed by atoms with Gasteiger partial charge in [0.1, 0.15) is 0 Å². The van der Waals surface area contributed by atoms with E-state index in [1.54, 1.807) is 7.11 Å². The first-order valence-electron chi connectivity index (χ1n) is 5.25. The van der Waals surface area contributed by atoms with E-state index in [4.69, 9.17) is 21.1 Å². The van der Waals surface area contributed by atoms with Gasteiger partial charge in [-0.25, -0.2) is 0 Å². The molecule has 0 aliphatic carbocycles. The Morgan fingerprint density at radius 1 is 1.36 bits per heavy atom. The molecule has 0 aromatic carbocycles. The van der Waals surface area contributed by atoms with Crippen molar-refractivity contribution >= 4 is 11.6 Å². The molecule has 1 unspecified atom stereocenters. The van der Waals surface area contributed by atoms with E-state index in [2.05, 4.69) is 4.90 Å². The van der Waals surface area contributed by atoms with Crippen LogP contribution < -0.4 is 0 Å². The molecule has 1 heterocycles. The Labute approximate surface area is 91.3 Å². The van der Waals surface area contributed by atoms with Gasteiger partial charge in [0.05, 0.1) is 19.8 Å². The predicted octanol–water partition coefficient (Wildman–Crippen LogP) is 1.35. The minimum Gasteiger partial charge on any atom is -0.382 e. The molecule has 1 rings (SSSR count). The second-order valence-electron chi connectivity index (χ2n) is 3.59. The lowest BCUT2D eigenvalue weighted by Gasteiger charge is -2.22. The van der Waals surface area contributed by atoms with Crippen molar-refractivity contribution in [3.63, 3.8) is 0 Å². The zero-order valence-corrected chi connectivity index (χ0v) is 9.63. The van der Waals surface area contributed by atoms with E-state index in [9.17, 15) is 0 Å². The van der Waals surface area contributed by atoms with Crippen molar-refractivity contribution in [2.45, 2.75) is 18.9 Å². The molecule has 1 atom stereocenters. The lowest BCUT2D eigenvalue weighted by molar-refractivity contribution is 0.0564. The SMILES string of the molecule is COCCOCCN1CCCC1CCl. The number of ether oxygens (including phenoxy) is 2. The second-order valence-corrected chi connectivity index (χ2v) is 3.90. The molecule has 0 spiro atoms. The number of hydrogen-bond donors (Lipinski definition) is 0. The molecule has 1 saturated heterocycles. The number of methoxy groups -OCH3 is 1. The van der Waals surface area contributed by atoms with Gasteiger partial charge >= 0.3 is 0 Å². The highest BCUT2D eigenvalue weighted by molar-refractivity contribution is 6.18. The first-order valence-corrected chi connectivity index (χ1v) is 5.78. The summed E-state index contributed by atoms with van der Waals surface area (Å²) >= 11 is 5.86. The summed E-state index contributed by atoms with van der Waals surface area (Å²) in [5.74, 6) is 0.748. The Morgan fingerprint density at radius 3 is 2.93 bits per heavy atom. The Bertz CT molecular complexity index is 146. The number of rotatable bonds is 7. The normalized spacial score (nSPS) is 23.1. The third kappa shape index (κ3) is 4.13. The quantitative estimate of drug-likeness (QED) is 0.479. The fraction of sp³-hybridized carbons (Fsp3) is 1.00. The summed E-state index contributed by atoms with van der Waals surface area (Å²) in [7, 11) is 1.69. The van der Waals surface area contributed by atoms with Gasteiger partial charge in [0.15, 0.2) is 0 Å². The summed E-state index contributed by atoms with van der Waals surface area (Å²) in [4.78, 5) is 2.42. The zero-order chi connectivity index (χ0) is 10.2. The monoisotopic (exact) mass is 221 g/mol. The standard InChI is InChI=1S/C10H20ClNO2/c1-13-7-8-14-6-5-12-4-2-3-10(12)9-11/h10H,2-9H2,1H3. The van der Waals surface area contributed by atoms with Crippen molar-refractivity contribution in [2.75, 3.05) is 45.9 Å². The van der Waals surface area contributed by atoms with Crippen LogP contribution in [0.15, 0.2) is 0 Å². The average Bonchev–Trinajstić information content (AvgIpc) is 2.65. The molecule has 4 heteroatoms. The average molecular weight is 222 g/mol. The minimum atomic E-state index is 0.572. The molecular weight excluding hydrogens is 202 g/mol. The van der Waals surface area contributed by atoms with Crippen LogP contribution in [0.2, 0.25) is 0 Å². The highest BCUT2D eigenvalue weighted by Crippen LogP contribution is 2.17. The summed E-state index contributed by atoms with van der Waals surface area (Å²) in [6, 6.07) is 0.572. The first-order chi connectivity index (χ1) is 6.88. The number of likely N-dealkylation sites (tertiary alicyclic amines) is 1. The van der Waals surface area contributed by atoms with E-state index in [1.165, 1.54) is 19.4 Å². The topological polar surface area (TPSA) is 21.7 Å². The van der Waals surface area contributed by atoms with Gasteiger partial charge in [0, 0.05) is 25.6 Å². The second kappa shape index (κ2) is 7.46. The Morgan fingerprint density at radius 2 is 2.21 bits per heavy atom. The van der Waals surface area contributed by atoms with Crippen LogP contribution in [0.1, 0.15) is 12.8 Å². The predicted molar refractivity (Wildman–Crippen MR) is 58.0 cm³/mol. The Hall–Kier alpha value is 0.170. The molecule has 1 aliphatic heterocycles. The lowest BCUT2D eigenvalue weighted by atomic mass is 10.2. The van der Waals surface area contributed by atoms with E-state index in [-0.39, 0.29) is 0 Å². The van der Waals surface area contributed by atoms with Gasteiger partial charge in [-0.2, -0.15) is 0 Å². The van der Waals surface area contributed by atoms with Crippen molar-refractivity contribution in [3.8, 4) is 0 Å². The molecule has 1 fully saturated rings. The first kappa shape index (κ1) is 12.2. The smallest absolute Gasteiger partial charge is 0.0700 e. The van der Waals surface area contributed by atoms with E-state index < -0.39 is 0 Å². The van der Waals surface area contributed by atoms with Crippen molar-refractivity contribution in [1.82, 2.24) is 4.90 Å². The van der Waals surface area contributed by atoms with E-state index in [0.717, 1.165) is 19.0 Å². The molecule has 0 radical (unpaired) electrons. The van der Waals surface area contributed by atoms with Gasteiger partial charge in [0.25, 0.3) is 0 Å². The van der Waals surface area contributed by atoms with Gasteiger partial charge in [-0.3, -0.25) is 4.90 Å². The van der Waals surface area contributed by atoms with E-state index >= 15 is 0 Å². The fourth-order valence-corrected chi connectivity index (χ4v) is 2.14. The molecule has 0 saturated carbocycles. The van der Waals surface area contributed by atoms with E-state index in [1.807, 2.05) is 0 Å². The molecule has 0 aromatic heterocycles. The Balaban J connectivity index is 2.00. The molecule has 0 N–H and O–H groups in total. The van der Waals surface area contributed by atoms with Gasteiger partial charge in [0.2, 0.25) is 0 Å². The molecule has 3 nitrogen and oxygen atoms in total. The van der Waals surface area contributed by atoms with Crippen molar-refractivity contribution in [2.24, 2.45) is 0 Å². The molecule has 84 valence electrons. The molecular formula is C10H20ClNO2. The van der Waals surface area contributed by atoms with Crippen molar-refractivity contribution in [3.05, 3.63) is 0 Å². The maximum absolute atomic E-state index is 5.86. The maximum atomic E-state index is 5.86. The van der Waals surface area contributed by atoms with Gasteiger partial charge in [-0.1, -0.05) is 0 Å². The minimum absolute atomic E-state index is 0.572.